The Morgan fingerprint density at radius 2 is 1.26 bits per heavy atom. The van der Waals surface area contributed by atoms with Crippen LogP contribution in [-0.4, -0.2) is 168 Å². The van der Waals surface area contributed by atoms with Crippen molar-refractivity contribution in [3.05, 3.63) is 84.4 Å². The van der Waals surface area contributed by atoms with Gasteiger partial charge in [-0.3, -0.25) is 9.35 Å². The van der Waals surface area contributed by atoms with Crippen molar-refractivity contribution in [2.45, 2.75) is 112 Å². The number of hydrogen-bond donors (Lipinski definition) is 8. The zero-order valence-electron chi connectivity index (χ0n) is 31.4. The second-order valence-electron chi connectivity index (χ2n) is 13.8. The highest BCUT2D eigenvalue weighted by Crippen LogP contribution is 2.35. The molecule has 0 radical (unpaired) electrons. The molecule has 0 saturated carbocycles. The van der Waals surface area contributed by atoms with Gasteiger partial charge in [0.25, 0.3) is 0 Å². The van der Waals surface area contributed by atoms with Crippen molar-refractivity contribution in [3.8, 4) is 0 Å². The Morgan fingerprint density at radius 3 is 1.83 bits per heavy atom. The molecule has 2 aromatic rings. The first-order valence-corrected chi connectivity index (χ1v) is 19.7. The number of carbonyl (C=O) groups excluding carboxylic acids is 1. The monoisotopic (exact) mass is 845 g/mol. The van der Waals surface area contributed by atoms with Crippen LogP contribution < -0.4 is 5.32 Å². The van der Waals surface area contributed by atoms with Crippen LogP contribution >= 0.6 is 0 Å². The fourth-order valence-electron chi connectivity index (χ4n) is 6.78. The third-order valence-electron chi connectivity index (χ3n) is 9.53. The third kappa shape index (κ3) is 12.0. The van der Waals surface area contributed by atoms with Crippen molar-refractivity contribution >= 4 is 16.3 Å². The molecule has 0 unspecified atom stereocenters. The van der Waals surface area contributed by atoms with Gasteiger partial charge in [0, 0.05) is 6.92 Å². The molecule has 3 aliphatic heterocycles. The summed E-state index contributed by atoms with van der Waals surface area (Å²) >= 11 is 0. The fraction of sp³-hybridized carbons (Fsp3) is 0.595. The van der Waals surface area contributed by atoms with Crippen LogP contribution in [0.5, 0.6) is 0 Å². The molecule has 3 heterocycles. The third-order valence-corrected chi connectivity index (χ3v) is 10.00. The fourth-order valence-corrected chi connectivity index (χ4v) is 7.29. The minimum Gasteiger partial charge on any atom is -0.394 e. The topological polar surface area (TPSA) is 288 Å². The largest absolute Gasteiger partial charge is 0.397 e. The molecule has 8 N–H and O–H groups in total. The van der Waals surface area contributed by atoms with E-state index in [1.54, 1.807) is 30.3 Å². The lowest BCUT2D eigenvalue weighted by Crippen LogP contribution is -2.70. The van der Waals surface area contributed by atoms with Crippen LogP contribution in [0.1, 0.15) is 18.1 Å². The molecular weight excluding hydrogens is 794 g/mol. The molecule has 3 fully saturated rings. The van der Waals surface area contributed by atoms with Gasteiger partial charge in [-0.1, -0.05) is 66.7 Å². The first-order chi connectivity index (χ1) is 27.7. The number of aliphatic hydroxyl groups is 6. The Balaban J connectivity index is 1.56. The summed E-state index contributed by atoms with van der Waals surface area (Å²) in [5.74, 6) is -0.675. The van der Waals surface area contributed by atoms with Crippen molar-refractivity contribution < 1.29 is 90.5 Å². The van der Waals surface area contributed by atoms with Crippen LogP contribution in [0.4, 0.5) is 0 Å². The van der Waals surface area contributed by atoms with E-state index in [2.05, 4.69) is 16.1 Å². The Labute approximate surface area is 334 Å². The van der Waals surface area contributed by atoms with Crippen molar-refractivity contribution in [3.63, 3.8) is 0 Å². The van der Waals surface area contributed by atoms with Gasteiger partial charge in [0.1, 0.15) is 73.2 Å². The van der Waals surface area contributed by atoms with Crippen molar-refractivity contribution in [1.29, 1.82) is 0 Å². The van der Waals surface area contributed by atoms with Gasteiger partial charge in [-0.2, -0.15) is 8.42 Å². The average Bonchev–Trinajstić information content (AvgIpc) is 3.19. The highest BCUT2D eigenvalue weighted by atomic mass is 32.3. The van der Waals surface area contributed by atoms with Gasteiger partial charge in [-0.15, -0.1) is 6.58 Å². The van der Waals surface area contributed by atoms with Gasteiger partial charge in [-0.25, -0.2) is 4.18 Å². The first kappa shape index (κ1) is 46.0. The summed E-state index contributed by atoms with van der Waals surface area (Å²) < 4.78 is 85.9. The Kier molecular flexibility index (Phi) is 17.0. The Morgan fingerprint density at radius 1 is 0.724 bits per heavy atom. The van der Waals surface area contributed by atoms with E-state index in [1.165, 1.54) is 6.08 Å². The van der Waals surface area contributed by atoms with E-state index in [0.29, 0.717) is 5.56 Å². The summed E-state index contributed by atoms with van der Waals surface area (Å²) in [5, 5.41) is 67.3. The molecule has 21 heteroatoms. The molecule has 1 amide bonds. The smallest absolute Gasteiger partial charge is 0.394 e. The summed E-state index contributed by atoms with van der Waals surface area (Å²) in [5.41, 5.74) is 1.48. The molecule has 324 valence electrons. The van der Waals surface area contributed by atoms with Crippen LogP contribution in [0, 0.1) is 0 Å². The lowest BCUT2D eigenvalue weighted by Gasteiger charge is -2.50. The molecule has 0 aliphatic carbocycles. The highest BCUT2D eigenvalue weighted by Gasteiger charge is 2.56. The number of hydrogen-bond acceptors (Lipinski definition) is 18. The van der Waals surface area contributed by atoms with Crippen LogP contribution in [0.3, 0.4) is 0 Å². The maximum absolute atomic E-state index is 12.9. The summed E-state index contributed by atoms with van der Waals surface area (Å²) in [6, 6.07) is 16.5. The Hall–Kier alpha value is -3.04. The number of ether oxygens (including phenoxy) is 8. The van der Waals surface area contributed by atoms with Crippen LogP contribution in [0.25, 0.3) is 0 Å². The number of benzene rings is 2. The Bertz CT molecular complexity index is 1680. The summed E-state index contributed by atoms with van der Waals surface area (Å²) in [6.07, 6.45) is -22.0. The minimum absolute atomic E-state index is 0.0827. The zero-order chi connectivity index (χ0) is 42.0. The summed E-state index contributed by atoms with van der Waals surface area (Å²) in [7, 11) is -5.29. The van der Waals surface area contributed by atoms with Gasteiger partial charge in [0.05, 0.1) is 39.6 Å². The molecule has 20 nitrogen and oxygen atoms in total. The van der Waals surface area contributed by atoms with E-state index in [1.807, 2.05) is 30.3 Å². The van der Waals surface area contributed by atoms with Crippen molar-refractivity contribution in [2.75, 3.05) is 26.4 Å². The standard InChI is InChI=1S/C37H51NO19S/c1-3-14-50-36-29(44)33(27(42)23(15-39)52-36)56-35-26(38-20(2)41)32(55-37-30(45)34(57-58(46,47)48)28(43)24(16-40)53-37)31(51-18-22-12-8-5-9-13-22)25(54-35)19-49-17-21-10-6-4-7-11-21/h3-13,23-37,39-40,42-45H,1,14-19H2,2H3,(H,38,41)(H,46,47,48)/t23-,24-,25-,26-,27+,28+,29-,30-,31-,32-,33+,34+,35+,36-,37+/m1/s1. The zero-order valence-corrected chi connectivity index (χ0v) is 32.2. The first-order valence-electron chi connectivity index (χ1n) is 18.4. The second-order valence-corrected chi connectivity index (χ2v) is 14.8. The van der Waals surface area contributed by atoms with Crippen LogP contribution in [0.15, 0.2) is 73.3 Å². The van der Waals surface area contributed by atoms with Gasteiger partial charge in [-0.05, 0) is 11.1 Å². The van der Waals surface area contributed by atoms with E-state index >= 15 is 0 Å². The number of carbonyl (C=O) groups is 1. The molecule has 3 saturated heterocycles. The quantitative estimate of drug-likeness (QED) is 0.0564. The molecule has 2 aromatic carbocycles. The molecule has 3 aliphatic rings. The molecule has 15 atom stereocenters. The maximum Gasteiger partial charge on any atom is 0.397 e. The van der Waals surface area contributed by atoms with Gasteiger partial charge < -0.3 is 73.9 Å². The van der Waals surface area contributed by atoms with Crippen molar-refractivity contribution in [2.24, 2.45) is 0 Å². The van der Waals surface area contributed by atoms with Crippen molar-refractivity contribution in [1.82, 2.24) is 5.32 Å². The minimum atomic E-state index is -5.29. The highest BCUT2D eigenvalue weighted by molar-refractivity contribution is 7.80. The second kappa shape index (κ2) is 21.5. The van der Waals surface area contributed by atoms with Crippen LogP contribution in [-0.2, 0) is 70.5 Å². The number of aliphatic hydroxyl groups excluding tert-OH is 6. The van der Waals surface area contributed by atoms with Gasteiger partial charge in [0.15, 0.2) is 18.9 Å². The number of amides is 1. The summed E-state index contributed by atoms with van der Waals surface area (Å²) in [6.45, 7) is 2.74. The van der Waals surface area contributed by atoms with E-state index in [4.69, 9.17) is 37.9 Å². The van der Waals surface area contributed by atoms with Gasteiger partial charge in [0.2, 0.25) is 5.91 Å². The molecule has 5 rings (SSSR count). The predicted molar refractivity (Wildman–Crippen MR) is 195 cm³/mol. The molecule has 0 spiro atoms. The van der Waals surface area contributed by atoms with E-state index < -0.39 is 122 Å². The predicted octanol–water partition coefficient (Wildman–Crippen LogP) is -1.94. The molecular formula is C37H51NO19S. The summed E-state index contributed by atoms with van der Waals surface area (Å²) in [4.78, 5) is 12.9. The SMILES string of the molecule is C=CCO[C@@H]1O[C@H](CO)[C@H](O)[C@H](O[C@@H]2O[C@H](COCc3ccccc3)[C@@H](OCc3ccccc3)[C@H](O[C@@H]3O[C@H](CO)[C@H](O)[C@H](OS(=O)(=O)O)[C@H]3O)[C@H]2NC(C)=O)[C@H]1O. The molecule has 58 heavy (non-hydrogen) atoms. The molecule has 0 aromatic heterocycles. The van der Waals surface area contributed by atoms with E-state index in [-0.39, 0.29) is 26.4 Å². The number of rotatable bonds is 19. The lowest BCUT2D eigenvalue weighted by molar-refractivity contribution is -0.368. The van der Waals surface area contributed by atoms with Gasteiger partial charge >= 0.3 is 10.4 Å². The normalized spacial score (nSPS) is 35.6. The average molecular weight is 846 g/mol. The lowest BCUT2D eigenvalue weighted by atomic mass is 9.94. The number of nitrogens with one attached hydrogen (secondary N) is 1. The molecule has 0 bridgehead atoms. The van der Waals surface area contributed by atoms with E-state index in [0.717, 1.165) is 12.5 Å². The van der Waals surface area contributed by atoms with Crippen LogP contribution in [0.2, 0.25) is 0 Å². The van der Waals surface area contributed by atoms with E-state index in [9.17, 15) is 48.4 Å². The maximum atomic E-state index is 12.9.